The van der Waals surface area contributed by atoms with Crippen molar-refractivity contribution in [2.75, 3.05) is 33.2 Å². The summed E-state index contributed by atoms with van der Waals surface area (Å²) in [6, 6.07) is 14.3. The minimum absolute atomic E-state index is 0.116. The molecular formula is C21H27N3O3S. The Balaban J connectivity index is 1.79. The molecule has 0 atom stereocenters. The van der Waals surface area contributed by atoms with E-state index in [1.165, 1.54) is 6.07 Å². The largest absolute Gasteiger partial charge is 0.337 e. The fraction of sp³-hybridized carbons (Fsp3) is 0.381. The van der Waals surface area contributed by atoms with Gasteiger partial charge in [0, 0.05) is 31.7 Å². The fourth-order valence-corrected chi connectivity index (χ4v) is 4.59. The van der Waals surface area contributed by atoms with Crippen LogP contribution in [0.2, 0.25) is 0 Å². The zero-order valence-electron chi connectivity index (χ0n) is 16.4. The molecule has 3 rings (SSSR count). The normalized spacial score (nSPS) is 16.0. The van der Waals surface area contributed by atoms with Crippen molar-refractivity contribution in [2.45, 2.75) is 24.8 Å². The lowest BCUT2D eigenvalue weighted by Crippen LogP contribution is -2.34. The maximum absolute atomic E-state index is 12.9. The lowest BCUT2D eigenvalue weighted by molar-refractivity contribution is 0.0762. The van der Waals surface area contributed by atoms with Gasteiger partial charge in [-0.15, -0.1) is 0 Å². The van der Waals surface area contributed by atoms with Gasteiger partial charge in [0.2, 0.25) is 10.0 Å². The predicted octanol–water partition coefficient (Wildman–Crippen LogP) is 2.25. The monoisotopic (exact) mass is 401 g/mol. The lowest BCUT2D eigenvalue weighted by Gasteiger charge is -2.21. The summed E-state index contributed by atoms with van der Waals surface area (Å²) < 4.78 is 28.3. The second kappa shape index (κ2) is 8.86. The summed E-state index contributed by atoms with van der Waals surface area (Å²) in [6.07, 6.45) is 0.915. The van der Waals surface area contributed by atoms with E-state index in [2.05, 4.69) is 9.62 Å². The number of hydrogen-bond donors (Lipinski definition) is 1. The number of benzene rings is 2. The molecule has 1 fully saturated rings. The Hall–Kier alpha value is -2.22. The molecule has 1 aliphatic rings. The number of aryl methyl sites for hydroxylation is 1. The van der Waals surface area contributed by atoms with Gasteiger partial charge in [-0.3, -0.25) is 4.79 Å². The third kappa shape index (κ3) is 4.98. The summed E-state index contributed by atoms with van der Waals surface area (Å²) in [4.78, 5) is 17.1. The molecule has 1 aliphatic heterocycles. The van der Waals surface area contributed by atoms with E-state index in [9.17, 15) is 13.2 Å². The molecule has 0 unspecified atom stereocenters. The highest BCUT2D eigenvalue weighted by Gasteiger charge is 2.23. The summed E-state index contributed by atoms with van der Waals surface area (Å²) in [7, 11) is -1.68. The van der Waals surface area contributed by atoms with Crippen LogP contribution < -0.4 is 4.72 Å². The van der Waals surface area contributed by atoms with Gasteiger partial charge in [0.1, 0.15) is 0 Å². The van der Waals surface area contributed by atoms with Gasteiger partial charge in [0.15, 0.2) is 0 Å². The molecule has 2 aromatic carbocycles. The number of likely N-dealkylation sites (N-methyl/N-ethyl adjacent to an activating group) is 1. The van der Waals surface area contributed by atoms with E-state index in [1.807, 2.05) is 42.3 Å². The average Bonchev–Trinajstić information content (AvgIpc) is 2.91. The van der Waals surface area contributed by atoms with Gasteiger partial charge in [-0.05, 0) is 50.2 Å². The quantitative estimate of drug-likeness (QED) is 0.834. The minimum Gasteiger partial charge on any atom is -0.337 e. The molecule has 28 heavy (non-hydrogen) atoms. The zero-order chi connectivity index (χ0) is 20.1. The minimum atomic E-state index is -3.72. The molecule has 0 aliphatic carbocycles. The van der Waals surface area contributed by atoms with Crippen molar-refractivity contribution in [1.29, 1.82) is 0 Å². The molecular weight excluding hydrogens is 374 g/mol. The van der Waals surface area contributed by atoms with Crippen LogP contribution in [0.25, 0.3) is 0 Å². The van der Waals surface area contributed by atoms with Crippen LogP contribution in [0.3, 0.4) is 0 Å². The van der Waals surface area contributed by atoms with Crippen LogP contribution in [0.4, 0.5) is 0 Å². The van der Waals surface area contributed by atoms with E-state index < -0.39 is 10.0 Å². The van der Waals surface area contributed by atoms with Crippen molar-refractivity contribution < 1.29 is 13.2 Å². The first-order valence-electron chi connectivity index (χ1n) is 9.49. The summed E-state index contributed by atoms with van der Waals surface area (Å²) in [5.41, 5.74) is 1.91. The molecule has 150 valence electrons. The van der Waals surface area contributed by atoms with Crippen molar-refractivity contribution in [3.05, 3.63) is 65.2 Å². The maximum Gasteiger partial charge on any atom is 0.253 e. The highest BCUT2D eigenvalue weighted by atomic mass is 32.2. The number of carbonyl (C=O) groups excluding carboxylic acids is 1. The molecule has 1 N–H and O–H groups in total. The molecule has 1 heterocycles. The third-order valence-electron chi connectivity index (χ3n) is 5.04. The van der Waals surface area contributed by atoms with Crippen molar-refractivity contribution >= 4 is 15.9 Å². The molecule has 7 heteroatoms. The molecule has 0 aromatic heterocycles. The molecule has 6 nitrogen and oxygen atoms in total. The summed E-state index contributed by atoms with van der Waals surface area (Å²) in [5.74, 6) is -0.116. The van der Waals surface area contributed by atoms with Crippen LogP contribution in [0, 0.1) is 6.92 Å². The fourth-order valence-electron chi connectivity index (χ4n) is 3.31. The number of carbonyl (C=O) groups is 1. The number of hydrogen-bond acceptors (Lipinski definition) is 4. The second-order valence-corrected chi connectivity index (χ2v) is 8.97. The van der Waals surface area contributed by atoms with Gasteiger partial charge < -0.3 is 9.80 Å². The molecule has 0 spiro atoms. The van der Waals surface area contributed by atoms with Crippen LogP contribution in [-0.2, 0) is 16.6 Å². The maximum atomic E-state index is 12.9. The molecule has 1 amide bonds. The number of amides is 1. The summed E-state index contributed by atoms with van der Waals surface area (Å²) in [5, 5.41) is 0. The number of rotatable bonds is 5. The van der Waals surface area contributed by atoms with Gasteiger partial charge in [-0.25, -0.2) is 13.1 Å². The second-order valence-electron chi connectivity index (χ2n) is 7.24. The van der Waals surface area contributed by atoms with E-state index in [0.29, 0.717) is 24.2 Å². The standard InChI is InChI=1S/C21H27N3O3S/c1-17-9-10-19(21(25)24-12-6-11-23(2)13-14-24)15-20(17)28(26,27)22-16-18-7-4-3-5-8-18/h3-5,7-10,15,22H,6,11-14,16H2,1-2H3. The third-order valence-corrected chi connectivity index (χ3v) is 6.58. The Kier molecular flexibility index (Phi) is 6.49. The Morgan fingerprint density at radius 3 is 2.54 bits per heavy atom. The summed E-state index contributed by atoms with van der Waals surface area (Å²) in [6.45, 7) is 5.07. The van der Waals surface area contributed by atoms with E-state index in [-0.39, 0.29) is 17.3 Å². The number of nitrogens with one attached hydrogen (secondary N) is 1. The van der Waals surface area contributed by atoms with Crippen molar-refractivity contribution in [3.63, 3.8) is 0 Å². The topological polar surface area (TPSA) is 69.7 Å². The van der Waals surface area contributed by atoms with E-state index in [0.717, 1.165) is 25.1 Å². The Labute approximate surface area is 167 Å². The first kappa shape index (κ1) is 20.5. The van der Waals surface area contributed by atoms with Crippen molar-refractivity contribution in [1.82, 2.24) is 14.5 Å². The van der Waals surface area contributed by atoms with Crippen LogP contribution in [0.5, 0.6) is 0 Å². The molecule has 0 radical (unpaired) electrons. The highest BCUT2D eigenvalue weighted by molar-refractivity contribution is 7.89. The Bertz CT molecular complexity index is 929. The van der Waals surface area contributed by atoms with Gasteiger partial charge in [0.05, 0.1) is 4.90 Å². The number of sulfonamides is 1. The SMILES string of the molecule is Cc1ccc(C(=O)N2CCCN(C)CC2)cc1S(=O)(=O)NCc1ccccc1. The molecule has 1 saturated heterocycles. The van der Waals surface area contributed by atoms with Gasteiger partial charge in [0.25, 0.3) is 5.91 Å². The zero-order valence-corrected chi connectivity index (χ0v) is 17.2. The first-order chi connectivity index (χ1) is 13.4. The average molecular weight is 402 g/mol. The Morgan fingerprint density at radius 2 is 1.79 bits per heavy atom. The Morgan fingerprint density at radius 1 is 1.04 bits per heavy atom. The predicted molar refractivity (Wildman–Crippen MR) is 110 cm³/mol. The molecule has 0 saturated carbocycles. The van der Waals surface area contributed by atoms with Crippen LogP contribution >= 0.6 is 0 Å². The van der Waals surface area contributed by atoms with Gasteiger partial charge >= 0.3 is 0 Å². The van der Waals surface area contributed by atoms with Crippen LogP contribution in [0.1, 0.15) is 27.9 Å². The smallest absolute Gasteiger partial charge is 0.253 e. The van der Waals surface area contributed by atoms with Gasteiger partial charge in [-0.2, -0.15) is 0 Å². The van der Waals surface area contributed by atoms with Crippen molar-refractivity contribution in [2.24, 2.45) is 0 Å². The lowest BCUT2D eigenvalue weighted by atomic mass is 10.1. The molecule has 2 aromatic rings. The van der Waals surface area contributed by atoms with E-state index in [4.69, 9.17) is 0 Å². The highest BCUT2D eigenvalue weighted by Crippen LogP contribution is 2.19. The van der Waals surface area contributed by atoms with E-state index in [1.54, 1.807) is 19.1 Å². The van der Waals surface area contributed by atoms with Crippen LogP contribution in [-0.4, -0.2) is 57.4 Å². The van der Waals surface area contributed by atoms with E-state index >= 15 is 0 Å². The van der Waals surface area contributed by atoms with Gasteiger partial charge in [-0.1, -0.05) is 36.4 Å². The summed E-state index contributed by atoms with van der Waals surface area (Å²) >= 11 is 0. The number of nitrogens with zero attached hydrogens (tertiary/aromatic N) is 2. The first-order valence-corrected chi connectivity index (χ1v) is 11.0. The molecule has 0 bridgehead atoms. The van der Waals surface area contributed by atoms with Crippen LogP contribution in [0.15, 0.2) is 53.4 Å². The van der Waals surface area contributed by atoms with Crippen molar-refractivity contribution in [3.8, 4) is 0 Å².